The van der Waals surface area contributed by atoms with E-state index in [2.05, 4.69) is 43.2 Å². The van der Waals surface area contributed by atoms with Crippen LogP contribution in [0.1, 0.15) is 29.7 Å². The molecule has 0 spiro atoms. The predicted molar refractivity (Wildman–Crippen MR) is 78.7 cm³/mol. The summed E-state index contributed by atoms with van der Waals surface area (Å²) in [7, 11) is 1.70. The number of hydrogen-bond acceptors (Lipinski definition) is 3. The van der Waals surface area contributed by atoms with Crippen molar-refractivity contribution in [3.8, 4) is 5.75 Å². The molecule has 0 saturated carbocycles. The molecule has 1 aromatic heterocycles. The first kappa shape index (κ1) is 13.4. The van der Waals surface area contributed by atoms with E-state index in [0.29, 0.717) is 0 Å². The maximum absolute atomic E-state index is 5.43. The van der Waals surface area contributed by atoms with Crippen LogP contribution in [0.4, 0.5) is 5.69 Å². The summed E-state index contributed by atoms with van der Waals surface area (Å²) in [4.78, 5) is 4.16. The second-order valence-electron chi connectivity index (χ2n) is 4.80. The molecule has 0 amide bonds. The Bertz CT molecular complexity index is 566. The van der Waals surface area contributed by atoms with Crippen LogP contribution in [0.15, 0.2) is 36.7 Å². The molecule has 19 heavy (non-hydrogen) atoms. The van der Waals surface area contributed by atoms with Crippen LogP contribution in [0.5, 0.6) is 5.75 Å². The van der Waals surface area contributed by atoms with Crippen LogP contribution in [0.2, 0.25) is 0 Å². The van der Waals surface area contributed by atoms with Gasteiger partial charge in [0.15, 0.2) is 0 Å². The third-order valence-electron chi connectivity index (χ3n) is 3.26. The summed E-state index contributed by atoms with van der Waals surface area (Å²) in [6, 6.07) is 8.39. The third-order valence-corrected chi connectivity index (χ3v) is 3.26. The topological polar surface area (TPSA) is 34.1 Å². The van der Waals surface area contributed by atoms with Crippen molar-refractivity contribution in [1.82, 2.24) is 4.98 Å². The van der Waals surface area contributed by atoms with Gasteiger partial charge in [-0.2, -0.15) is 0 Å². The zero-order valence-electron chi connectivity index (χ0n) is 11.9. The molecule has 0 bridgehead atoms. The molecule has 2 aromatic rings. The van der Waals surface area contributed by atoms with Gasteiger partial charge >= 0.3 is 0 Å². The number of rotatable bonds is 4. The van der Waals surface area contributed by atoms with Crippen molar-refractivity contribution in [3.05, 3.63) is 53.3 Å². The first-order valence-electron chi connectivity index (χ1n) is 6.43. The summed E-state index contributed by atoms with van der Waals surface area (Å²) in [5, 5.41) is 3.49. The zero-order valence-corrected chi connectivity index (χ0v) is 11.9. The van der Waals surface area contributed by atoms with E-state index >= 15 is 0 Å². The van der Waals surface area contributed by atoms with Gasteiger partial charge in [0.05, 0.1) is 25.0 Å². The molecule has 1 atom stereocenters. The van der Waals surface area contributed by atoms with Crippen molar-refractivity contribution < 1.29 is 4.74 Å². The van der Waals surface area contributed by atoms with Crippen molar-refractivity contribution in [2.45, 2.75) is 26.8 Å². The van der Waals surface area contributed by atoms with E-state index in [9.17, 15) is 0 Å². The van der Waals surface area contributed by atoms with Gasteiger partial charge in [-0.3, -0.25) is 4.98 Å². The number of nitrogens with zero attached hydrogens (tertiary/aromatic N) is 1. The van der Waals surface area contributed by atoms with Gasteiger partial charge in [0.1, 0.15) is 5.75 Å². The monoisotopic (exact) mass is 256 g/mol. The molecule has 0 fully saturated rings. The highest BCUT2D eigenvalue weighted by molar-refractivity contribution is 5.51. The minimum Gasteiger partial charge on any atom is -0.496 e. The smallest absolute Gasteiger partial charge is 0.124 e. The highest BCUT2D eigenvalue weighted by Crippen LogP contribution is 2.29. The second-order valence-corrected chi connectivity index (χ2v) is 4.80. The first-order chi connectivity index (χ1) is 9.11. The van der Waals surface area contributed by atoms with Gasteiger partial charge in [-0.25, -0.2) is 0 Å². The van der Waals surface area contributed by atoms with Gasteiger partial charge in [0.25, 0.3) is 0 Å². The lowest BCUT2D eigenvalue weighted by atomic mass is 10.0. The number of anilines is 1. The number of benzene rings is 1. The molecule has 0 aliphatic rings. The molecule has 3 heteroatoms. The van der Waals surface area contributed by atoms with E-state index in [1.54, 1.807) is 13.3 Å². The number of pyridine rings is 1. The van der Waals surface area contributed by atoms with Gasteiger partial charge in [0.2, 0.25) is 0 Å². The lowest BCUT2D eigenvalue weighted by Crippen LogP contribution is -2.09. The minimum absolute atomic E-state index is 0.165. The Hall–Kier alpha value is -2.03. The summed E-state index contributed by atoms with van der Waals surface area (Å²) in [6.07, 6.45) is 3.66. The number of nitrogens with one attached hydrogen (secondary N) is 1. The lowest BCUT2D eigenvalue weighted by molar-refractivity contribution is 0.408. The molecule has 3 nitrogen and oxygen atoms in total. The largest absolute Gasteiger partial charge is 0.496 e. The molecule has 0 radical (unpaired) electrons. The highest BCUT2D eigenvalue weighted by Gasteiger charge is 2.12. The van der Waals surface area contributed by atoms with Crippen molar-refractivity contribution in [2.75, 3.05) is 12.4 Å². The zero-order chi connectivity index (χ0) is 13.8. The maximum atomic E-state index is 5.43. The Morgan fingerprint density at radius 3 is 2.68 bits per heavy atom. The molecule has 1 aromatic carbocycles. The van der Waals surface area contributed by atoms with Crippen LogP contribution in [0.25, 0.3) is 0 Å². The van der Waals surface area contributed by atoms with Crippen molar-refractivity contribution in [2.24, 2.45) is 0 Å². The molecule has 1 heterocycles. The Labute approximate surface area is 114 Å². The van der Waals surface area contributed by atoms with Crippen LogP contribution < -0.4 is 10.1 Å². The normalized spacial score (nSPS) is 12.0. The first-order valence-corrected chi connectivity index (χ1v) is 6.43. The van der Waals surface area contributed by atoms with E-state index in [1.807, 2.05) is 18.3 Å². The number of hydrogen-bond donors (Lipinski definition) is 1. The summed E-state index contributed by atoms with van der Waals surface area (Å²) in [5.74, 6) is 0.909. The Morgan fingerprint density at radius 2 is 2.00 bits per heavy atom. The third kappa shape index (κ3) is 3.05. The molecule has 0 saturated heterocycles. The van der Waals surface area contributed by atoms with Crippen molar-refractivity contribution in [3.63, 3.8) is 0 Å². The van der Waals surface area contributed by atoms with Gasteiger partial charge in [-0.1, -0.05) is 17.7 Å². The molecule has 100 valence electrons. The van der Waals surface area contributed by atoms with Crippen LogP contribution in [-0.2, 0) is 0 Å². The summed E-state index contributed by atoms with van der Waals surface area (Å²) in [6.45, 7) is 6.29. The van der Waals surface area contributed by atoms with E-state index < -0.39 is 0 Å². The number of aryl methyl sites for hydroxylation is 2. The fraction of sp³-hybridized carbons (Fsp3) is 0.312. The predicted octanol–water partition coefficient (Wildman–Crippen LogP) is 3.88. The van der Waals surface area contributed by atoms with Crippen LogP contribution in [0, 0.1) is 13.8 Å². The highest BCUT2D eigenvalue weighted by atomic mass is 16.5. The molecular formula is C16H20N2O. The molecule has 0 aliphatic carbocycles. The second kappa shape index (κ2) is 5.74. The molecule has 1 N–H and O–H groups in total. The summed E-state index contributed by atoms with van der Waals surface area (Å²) >= 11 is 0. The standard InChI is InChI=1S/C16H20N2O/c1-11-5-6-16(19-4)14(9-11)13(3)18-15-10-17-8-7-12(15)2/h5-10,13,18H,1-4H3. The SMILES string of the molecule is COc1ccc(C)cc1C(C)Nc1cnccc1C. The number of ether oxygens (including phenoxy) is 1. The Kier molecular flexibility index (Phi) is 4.05. The van der Waals surface area contributed by atoms with Crippen molar-refractivity contribution >= 4 is 5.69 Å². The van der Waals surface area contributed by atoms with Gasteiger partial charge in [-0.05, 0) is 38.5 Å². The van der Waals surface area contributed by atoms with Gasteiger partial charge in [0, 0.05) is 11.8 Å². The Balaban J connectivity index is 2.27. The minimum atomic E-state index is 0.165. The van der Waals surface area contributed by atoms with E-state index in [0.717, 1.165) is 17.0 Å². The van der Waals surface area contributed by atoms with E-state index in [-0.39, 0.29) is 6.04 Å². The molecule has 0 aliphatic heterocycles. The Morgan fingerprint density at radius 1 is 1.21 bits per heavy atom. The fourth-order valence-electron chi connectivity index (χ4n) is 2.12. The number of methoxy groups -OCH3 is 1. The van der Waals surface area contributed by atoms with E-state index in [4.69, 9.17) is 4.74 Å². The van der Waals surface area contributed by atoms with Crippen LogP contribution in [-0.4, -0.2) is 12.1 Å². The van der Waals surface area contributed by atoms with Crippen molar-refractivity contribution in [1.29, 1.82) is 0 Å². The average Bonchev–Trinajstić information content (AvgIpc) is 2.41. The maximum Gasteiger partial charge on any atom is 0.124 e. The van der Waals surface area contributed by atoms with Gasteiger partial charge < -0.3 is 10.1 Å². The van der Waals surface area contributed by atoms with Crippen LogP contribution in [0.3, 0.4) is 0 Å². The quantitative estimate of drug-likeness (QED) is 0.901. The molecule has 2 rings (SSSR count). The molecule has 1 unspecified atom stereocenters. The lowest BCUT2D eigenvalue weighted by Gasteiger charge is -2.20. The molecular weight excluding hydrogens is 236 g/mol. The van der Waals surface area contributed by atoms with Crippen LogP contribution >= 0.6 is 0 Å². The van der Waals surface area contributed by atoms with E-state index in [1.165, 1.54) is 11.1 Å². The summed E-state index contributed by atoms with van der Waals surface area (Å²) in [5.41, 5.74) is 4.63. The number of aromatic nitrogens is 1. The average molecular weight is 256 g/mol. The summed E-state index contributed by atoms with van der Waals surface area (Å²) < 4.78 is 5.43. The fourth-order valence-corrected chi connectivity index (χ4v) is 2.12. The van der Waals surface area contributed by atoms with Gasteiger partial charge in [-0.15, -0.1) is 0 Å².